The zero-order chi connectivity index (χ0) is 14.3. The van der Waals surface area contributed by atoms with E-state index in [-0.39, 0.29) is 0 Å². The Bertz CT molecular complexity index is 738. The van der Waals surface area contributed by atoms with Crippen LogP contribution < -0.4 is 5.32 Å². The van der Waals surface area contributed by atoms with E-state index >= 15 is 0 Å². The molecule has 3 heterocycles. The van der Waals surface area contributed by atoms with Crippen molar-refractivity contribution in [2.24, 2.45) is 0 Å². The first kappa shape index (κ1) is 13.7. The van der Waals surface area contributed by atoms with Crippen molar-refractivity contribution in [2.75, 3.05) is 0 Å². The molecule has 0 aliphatic heterocycles. The Labute approximate surface area is 126 Å². The van der Waals surface area contributed by atoms with Gasteiger partial charge in [-0.05, 0) is 27.7 Å². The standard InChI is InChI=1S/C14H18N4S2/c1-8-12(18-5-6-19-14(18)17-8)7-15-9(2)13-10(3)16-11(4)20-13/h5-6,9,15H,7H2,1-4H3. The van der Waals surface area contributed by atoms with E-state index in [4.69, 9.17) is 0 Å². The summed E-state index contributed by atoms with van der Waals surface area (Å²) in [5.41, 5.74) is 3.49. The predicted octanol–water partition coefficient (Wildman–Crippen LogP) is 3.63. The molecule has 0 saturated heterocycles. The lowest BCUT2D eigenvalue weighted by Gasteiger charge is -2.12. The molecule has 6 heteroatoms. The van der Waals surface area contributed by atoms with Gasteiger partial charge in [0.1, 0.15) is 0 Å². The highest BCUT2D eigenvalue weighted by molar-refractivity contribution is 7.15. The summed E-state index contributed by atoms with van der Waals surface area (Å²) >= 11 is 3.45. The van der Waals surface area contributed by atoms with Gasteiger partial charge in [-0.3, -0.25) is 4.40 Å². The highest BCUT2D eigenvalue weighted by Crippen LogP contribution is 2.25. The van der Waals surface area contributed by atoms with Crippen molar-refractivity contribution >= 4 is 27.6 Å². The van der Waals surface area contributed by atoms with Crippen molar-refractivity contribution < 1.29 is 0 Å². The van der Waals surface area contributed by atoms with Gasteiger partial charge in [0.05, 0.1) is 22.1 Å². The number of aromatic nitrogens is 3. The number of fused-ring (bicyclic) bond motifs is 1. The molecule has 3 rings (SSSR count). The Morgan fingerprint density at radius 3 is 2.75 bits per heavy atom. The second kappa shape index (κ2) is 5.27. The molecule has 0 bridgehead atoms. The lowest BCUT2D eigenvalue weighted by atomic mass is 10.2. The second-order valence-electron chi connectivity index (χ2n) is 4.98. The fraction of sp³-hybridized carbons (Fsp3) is 0.429. The number of aryl methyl sites for hydroxylation is 3. The predicted molar refractivity (Wildman–Crippen MR) is 84.6 cm³/mol. The third-order valence-corrected chi connectivity index (χ3v) is 5.48. The van der Waals surface area contributed by atoms with Crippen molar-refractivity contribution in [2.45, 2.75) is 40.3 Å². The van der Waals surface area contributed by atoms with Gasteiger partial charge >= 0.3 is 0 Å². The quantitative estimate of drug-likeness (QED) is 0.800. The van der Waals surface area contributed by atoms with Gasteiger partial charge in [0.25, 0.3) is 0 Å². The molecule has 0 fully saturated rings. The Hall–Kier alpha value is -1.24. The minimum atomic E-state index is 0.310. The van der Waals surface area contributed by atoms with E-state index in [1.165, 1.54) is 10.6 Å². The molecule has 0 aliphatic carbocycles. The minimum absolute atomic E-state index is 0.310. The Balaban J connectivity index is 1.77. The van der Waals surface area contributed by atoms with E-state index in [1.807, 2.05) is 0 Å². The maximum absolute atomic E-state index is 4.58. The van der Waals surface area contributed by atoms with Crippen molar-refractivity contribution in [3.05, 3.63) is 38.5 Å². The van der Waals surface area contributed by atoms with E-state index in [9.17, 15) is 0 Å². The zero-order valence-corrected chi connectivity index (χ0v) is 13.7. The van der Waals surface area contributed by atoms with Gasteiger partial charge < -0.3 is 5.32 Å². The van der Waals surface area contributed by atoms with Crippen LogP contribution in [0.2, 0.25) is 0 Å². The lowest BCUT2D eigenvalue weighted by Crippen LogP contribution is -2.19. The van der Waals surface area contributed by atoms with Gasteiger partial charge in [-0.1, -0.05) is 0 Å². The second-order valence-corrected chi connectivity index (χ2v) is 7.09. The summed E-state index contributed by atoms with van der Waals surface area (Å²) in [4.78, 5) is 11.5. The number of hydrogen-bond donors (Lipinski definition) is 1. The number of thiazole rings is 2. The summed E-state index contributed by atoms with van der Waals surface area (Å²) in [6, 6.07) is 0.310. The monoisotopic (exact) mass is 306 g/mol. The molecule has 0 radical (unpaired) electrons. The molecule has 0 aliphatic rings. The fourth-order valence-corrected chi connectivity index (χ4v) is 4.18. The van der Waals surface area contributed by atoms with Crippen LogP contribution in [0.3, 0.4) is 0 Å². The van der Waals surface area contributed by atoms with E-state index in [2.05, 4.69) is 59.0 Å². The lowest BCUT2D eigenvalue weighted by molar-refractivity contribution is 0.569. The van der Waals surface area contributed by atoms with Gasteiger partial charge in [-0.25, -0.2) is 9.97 Å². The molecule has 0 spiro atoms. The van der Waals surface area contributed by atoms with Crippen LogP contribution in [-0.4, -0.2) is 14.4 Å². The molecule has 0 amide bonds. The molecule has 3 aromatic heterocycles. The average Bonchev–Trinajstić information content (AvgIpc) is 3.02. The van der Waals surface area contributed by atoms with Gasteiger partial charge in [-0.2, -0.15) is 0 Å². The molecule has 106 valence electrons. The van der Waals surface area contributed by atoms with Gasteiger partial charge in [-0.15, -0.1) is 22.7 Å². The van der Waals surface area contributed by atoms with Crippen LogP contribution >= 0.6 is 22.7 Å². The van der Waals surface area contributed by atoms with Gasteiger partial charge in [0.15, 0.2) is 4.96 Å². The molecule has 0 saturated carbocycles. The molecule has 1 N–H and O–H groups in total. The zero-order valence-electron chi connectivity index (χ0n) is 12.1. The molecule has 20 heavy (non-hydrogen) atoms. The highest BCUT2D eigenvalue weighted by atomic mass is 32.1. The first-order valence-corrected chi connectivity index (χ1v) is 8.34. The molecule has 0 aromatic carbocycles. The maximum atomic E-state index is 4.58. The summed E-state index contributed by atoms with van der Waals surface area (Å²) in [5, 5.41) is 6.80. The highest BCUT2D eigenvalue weighted by Gasteiger charge is 2.15. The van der Waals surface area contributed by atoms with Crippen LogP contribution in [0.15, 0.2) is 11.6 Å². The van der Waals surface area contributed by atoms with E-state index in [0.717, 1.165) is 27.9 Å². The van der Waals surface area contributed by atoms with Crippen LogP contribution in [0.5, 0.6) is 0 Å². The van der Waals surface area contributed by atoms with Crippen molar-refractivity contribution in [3.8, 4) is 0 Å². The molecular formula is C14H18N4S2. The molecule has 1 atom stereocenters. The van der Waals surface area contributed by atoms with Crippen LogP contribution in [-0.2, 0) is 6.54 Å². The number of nitrogens with zero attached hydrogens (tertiary/aromatic N) is 3. The minimum Gasteiger partial charge on any atom is -0.304 e. The van der Waals surface area contributed by atoms with Crippen molar-refractivity contribution in [1.82, 2.24) is 19.7 Å². The fourth-order valence-electron chi connectivity index (χ4n) is 2.44. The molecular weight excluding hydrogens is 288 g/mol. The summed E-state index contributed by atoms with van der Waals surface area (Å²) in [6.07, 6.45) is 2.09. The number of rotatable bonds is 4. The van der Waals surface area contributed by atoms with Crippen LogP contribution in [0.25, 0.3) is 4.96 Å². The molecule has 1 unspecified atom stereocenters. The number of nitrogens with one attached hydrogen (secondary N) is 1. The van der Waals surface area contributed by atoms with Crippen LogP contribution in [0.4, 0.5) is 0 Å². The first-order chi connectivity index (χ1) is 9.56. The third-order valence-electron chi connectivity index (χ3n) is 3.47. The summed E-state index contributed by atoms with van der Waals surface area (Å²) in [5.74, 6) is 0. The summed E-state index contributed by atoms with van der Waals surface area (Å²) in [7, 11) is 0. The van der Waals surface area contributed by atoms with Crippen LogP contribution in [0, 0.1) is 20.8 Å². The largest absolute Gasteiger partial charge is 0.304 e. The number of imidazole rings is 1. The van der Waals surface area contributed by atoms with Crippen LogP contribution in [0.1, 0.15) is 39.9 Å². The maximum Gasteiger partial charge on any atom is 0.194 e. The summed E-state index contributed by atoms with van der Waals surface area (Å²) in [6.45, 7) is 9.23. The van der Waals surface area contributed by atoms with Crippen molar-refractivity contribution in [3.63, 3.8) is 0 Å². The normalized spacial score (nSPS) is 13.2. The third kappa shape index (κ3) is 2.39. The summed E-state index contributed by atoms with van der Waals surface area (Å²) < 4.78 is 2.17. The number of hydrogen-bond acceptors (Lipinski definition) is 5. The van der Waals surface area contributed by atoms with Crippen molar-refractivity contribution in [1.29, 1.82) is 0 Å². The SMILES string of the molecule is Cc1nc(C)c(C(C)NCc2c(C)nc3sccn23)s1. The topological polar surface area (TPSA) is 42.2 Å². The Kier molecular flexibility index (Phi) is 3.62. The van der Waals surface area contributed by atoms with E-state index in [1.54, 1.807) is 22.7 Å². The van der Waals surface area contributed by atoms with Gasteiger partial charge in [0, 0.05) is 29.0 Å². The van der Waals surface area contributed by atoms with E-state index in [0.29, 0.717) is 6.04 Å². The average molecular weight is 306 g/mol. The Morgan fingerprint density at radius 1 is 1.25 bits per heavy atom. The molecule has 3 aromatic rings. The van der Waals surface area contributed by atoms with Gasteiger partial charge in [0.2, 0.25) is 0 Å². The van der Waals surface area contributed by atoms with E-state index < -0.39 is 0 Å². The smallest absolute Gasteiger partial charge is 0.194 e. The first-order valence-electron chi connectivity index (χ1n) is 6.64. The molecule has 4 nitrogen and oxygen atoms in total. The Morgan fingerprint density at radius 2 is 2.05 bits per heavy atom.